The largest absolute Gasteiger partial charge is 0.396 e. The Balaban J connectivity index is 2.09. The van der Waals surface area contributed by atoms with Gasteiger partial charge in [-0.25, -0.2) is 0 Å². The minimum atomic E-state index is -0.386. The molecule has 0 radical (unpaired) electrons. The van der Waals surface area contributed by atoms with Crippen LogP contribution in [0.1, 0.15) is 72.1 Å². The zero-order valence-corrected chi connectivity index (χ0v) is 16.1. The van der Waals surface area contributed by atoms with Crippen molar-refractivity contribution in [2.24, 2.45) is 34.0 Å². The van der Waals surface area contributed by atoms with Gasteiger partial charge in [0.1, 0.15) is 12.6 Å². The number of hydrogen-bond acceptors (Lipinski definition) is 3. The Morgan fingerprint density at radius 1 is 1.16 bits per heavy atom. The summed E-state index contributed by atoms with van der Waals surface area (Å²) in [5.74, 6) is 0.999. The van der Waals surface area contributed by atoms with Crippen LogP contribution in [0.25, 0.3) is 0 Å². The van der Waals surface area contributed by atoms with E-state index < -0.39 is 0 Å². The van der Waals surface area contributed by atoms with Gasteiger partial charge in [-0.05, 0) is 79.1 Å². The number of hydrogen-bond donors (Lipinski definition) is 1. The third-order valence-electron chi connectivity index (χ3n) is 8.29. The van der Waals surface area contributed by atoms with Crippen molar-refractivity contribution in [1.29, 1.82) is 0 Å². The Morgan fingerprint density at radius 2 is 1.92 bits per heavy atom. The molecule has 0 aromatic carbocycles. The molecule has 5 unspecified atom stereocenters. The average molecular weight is 347 g/mol. The van der Waals surface area contributed by atoms with Crippen LogP contribution in [0, 0.1) is 34.0 Å². The molecule has 3 nitrogen and oxygen atoms in total. The summed E-state index contributed by atoms with van der Waals surface area (Å²) in [6.07, 6.45) is 12.1. The number of aliphatic hydroxyl groups excluding tert-OH is 1. The molecule has 0 bridgehead atoms. The van der Waals surface area contributed by atoms with E-state index in [9.17, 15) is 14.7 Å². The molecule has 2 fully saturated rings. The van der Waals surface area contributed by atoms with E-state index in [1.165, 1.54) is 25.5 Å². The van der Waals surface area contributed by atoms with E-state index in [-0.39, 0.29) is 29.3 Å². The maximum absolute atomic E-state index is 12.5. The summed E-state index contributed by atoms with van der Waals surface area (Å²) in [6.45, 7) is 7.30. The Kier molecular flexibility index (Phi) is 5.00. The minimum Gasteiger partial charge on any atom is -0.396 e. The number of allylic oxidation sites excluding steroid dienone is 2. The molecule has 0 amide bonds. The molecule has 3 rings (SSSR count). The maximum atomic E-state index is 12.5. The van der Waals surface area contributed by atoms with Crippen LogP contribution in [0.3, 0.4) is 0 Å². The van der Waals surface area contributed by atoms with Crippen molar-refractivity contribution in [2.45, 2.75) is 72.1 Å². The zero-order chi connectivity index (χ0) is 18.3. The molecule has 0 saturated heterocycles. The monoisotopic (exact) mass is 346 g/mol. The molecule has 3 aliphatic carbocycles. The van der Waals surface area contributed by atoms with Crippen LogP contribution in [0.2, 0.25) is 0 Å². The number of carbonyl (C=O) groups excluding carboxylic acids is 2. The predicted molar refractivity (Wildman–Crippen MR) is 99.0 cm³/mol. The number of rotatable bonds is 4. The highest BCUT2D eigenvalue weighted by atomic mass is 16.3. The highest BCUT2D eigenvalue weighted by molar-refractivity contribution is 5.74. The van der Waals surface area contributed by atoms with Gasteiger partial charge in [0.2, 0.25) is 0 Å². The Labute approximate surface area is 152 Å². The summed E-state index contributed by atoms with van der Waals surface area (Å²) < 4.78 is 0. The molecule has 0 aromatic heterocycles. The quantitative estimate of drug-likeness (QED) is 0.771. The second kappa shape index (κ2) is 6.64. The lowest BCUT2D eigenvalue weighted by Crippen LogP contribution is -2.58. The van der Waals surface area contributed by atoms with Crippen LogP contribution in [-0.4, -0.2) is 24.3 Å². The van der Waals surface area contributed by atoms with Crippen molar-refractivity contribution in [3.63, 3.8) is 0 Å². The molecule has 0 heterocycles. The van der Waals surface area contributed by atoms with E-state index in [2.05, 4.69) is 26.8 Å². The Bertz CT molecular complexity index is 564. The summed E-state index contributed by atoms with van der Waals surface area (Å²) in [5.41, 5.74) is 0.897. The van der Waals surface area contributed by atoms with Gasteiger partial charge >= 0.3 is 0 Å². The number of carbonyl (C=O) groups is 2. The second-order valence-corrected chi connectivity index (χ2v) is 9.77. The number of aliphatic hydroxyl groups is 1. The number of fused-ring (bicyclic) bond motifs is 3. The van der Waals surface area contributed by atoms with Crippen molar-refractivity contribution in [3.8, 4) is 0 Å². The first-order chi connectivity index (χ1) is 11.8. The SMILES string of the molecule is CC1(C)CCCC2(C)C1CCC1(C=O)C(CCO)CC(C=O)=CCC21. The molecule has 3 heteroatoms. The molecule has 140 valence electrons. The predicted octanol–water partition coefficient (Wildman–Crippen LogP) is 4.33. The molecule has 2 saturated carbocycles. The lowest BCUT2D eigenvalue weighted by Gasteiger charge is -2.63. The third-order valence-corrected chi connectivity index (χ3v) is 8.29. The van der Waals surface area contributed by atoms with Gasteiger partial charge in [-0.3, -0.25) is 4.79 Å². The average Bonchev–Trinajstić information content (AvgIpc) is 2.72. The fraction of sp³-hybridized carbons (Fsp3) is 0.818. The summed E-state index contributed by atoms with van der Waals surface area (Å²) >= 11 is 0. The van der Waals surface area contributed by atoms with Crippen LogP contribution in [0.15, 0.2) is 11.6 Å². The van der Waals surface area contributed by atoms with Gasteiger partial charge in [-0.2, -0.15) is 0 Å². The fourth-order valence-electron chi connectivity index (χ4n) is 7.15. The summed E-state index contributed by atoms with van der Waals surface area (Å²) in [6, 6.07) is 0. The van der Waals surface area contributed by atoms with E-state index >= 15 is 0 Å². The van der Waals surface area contributed by atoms with Gasteiger partial charge in [0.25, 0.3) is 0 Å². The van der Waals surface area contributed by atoms with E-state index in [4.69, 9.17) is 0 Å². The molecule has 0 spiro atoms. The summed E-state index contributed by atoms with van der Waals surface area (Å²) in [4.78, 5) is 24.0. The molecule has 5 atom stereocenters. The van der Waals surface area contributed by atoms with Gasteiger partial charge in [0.05, 0.1) is 0 Å². The second-order valence-electron chi connectivity index (χ2n) is 9.77. The van der Waals surface area contributed by atoms with Gasteiger partial charge < -0.3 is 9.90 Å². The molecule has 0 aromatic rings. The highest BCUT2D eigenvalue weighted by Crippen LogP contribution is 2.67. The van der Waals surface area contributed by atoms with Crippen LogP contribution in [0.4, 0.5) is 0 Å². The molecule has 1 N–H and O–H groups in total. The maximum Gasteiger partial charge on any atom is 0.145 e. The minimum absolute atomic E-state index is 0.0850. The van der Waals surface area contributed by atoms with Gasteiger partial charge in [-0.1, -0.05) is 33.3 Å². The van der Waals surface area contributed by atoms with Gasteiger partial charge in [-0.15, -0.1) is 0 Å². The molecular weight excluding hydrogens is 312 g/mol. The van der Waals surface area contributed by atoms with Crippen molar-refractivity contribution >= 4 is 12.6 Å². The first-order valence-electron chi connectivity index (χ1n) is 10.1. The van der Waals surface area contributed by atoms with Crippen LogP contribution >= 0.6 is 0 Å². The molecular formula is C22H34O3. The van der Waals surface area contributed by atoms with Crippen LogP contribution in [-0.2, 0) is 9.59 Å². The first-order valence-corrected chi connectivity index (χ1v) is 10.1. The van der Waals surface area contributed by atoms with Crippen molar-refractivity contribution in [2.75, 3.05) is 6.61 Å². The van der Waals surface area contributed by atoms with Crippen molar-refractivity contribution in [3.05, 3.63) is 11.6 Å². The van der Waals surface area contributed by atoms with Crippen molar-refractivity contribution < 1.29 is 14.7 Å². The zero-order valence-electron chi connectivity index (χ0n) is 16.1. The van der Waals surface area contributed by atoms with E-state index in [0.717, 1.165) is 31.1 Å². The lowest BCUT2D eigenvalue weighted by molar-refractivity contribution is -0.161. The van der Waals surface area contributed by atoms with E-state index in [1.807, 2.05) is 0 Å². The number of aldehydes is 2. The standard InChI is InChI=1S/C22H34O3/c1-20(2)9-4-10-21(3)18(20)7-11-22(15-25)17(8-12-23)13-16(14-24)5-6-19(21)22/h5,14-15,17-19,23H,4,6-13H2,1-3H3. The van der Waals surface area contributed by atoms with E-state index in [0.29, 0.717) is 24.2 Å². The van der Waals surface area contributed by atoms with Crippen molar-refractivity contribution in [1.82, 2.24) is 0 Å². The van der Waals surface area contributed by atoms with Crippen LogP contribution < -0.4 is 0 Å². The first kappa shape index (κ1) is 18.8. The Morgan fingerprint density at radius 3 is 2.56 bits per heavy atom. The summed E-state index contributed by atoms with van der Waals surface area (Å²) in [5, 5.41) is 9.63. The smallest absolute Gasteiger partial charge is 0.145 e. The lowest BCUT2D eigenvalue weighted by atomic mass is 9.41. The molecule has 0 aliphatic heterocycles. The fourth-order valence-corrected chi connectivity index (χ4v) is 7.15. The normalized spacial score (nSPS) is 43.2. The van der Waals surface area contributed by atoms with Gasteiger partial charge in [0, 0.05) is 12.0 Å². The van der Waals surface area contributed by atoms with Gasteiger partial charge in [0.15, 0.2) is 0 Å². The van der Waals surface area contributed by atoms with Crippen LogP contribution in [0.5, 0.6) is 0 Å². The molecule has 25 heavy (non-hydrogen) atoms. The summed E-state index contributed by atoms with van der Waals surface area (Å²) in [7, 11) is 0. The van der Waals surface area contributed by atoms with E-state index in [1.54, 1.807) is 0 Å². The third kappa shape index (κ3) is 2.83. The highest BCUT2D eigenvalue weighted by Gasteiger charge is 2.61. The topological polar surface area (TPSA) is 54.4 Å². The molecule has 3 aliphatic rings. The Hall–Kier alpha value is -0.960.